The van der Waals surface area contributed by atoms with E-state index in [9.17, 15) is 9.59 Å². The lowest BCUT2D eigenvalue weighted by Crippen LogP contribution is -2.17. The Bertz CT molecular complexity index is 637. The normalized spacial score (nSPS) is 18.5. The Morgan fingerprint density at radius 3 is 2.45 bits per heavy atom. The molecule has 2 aliphatic heterocycles. The van der Waals surface area contributed by atoms with Crippen LogP contribution in [0.1, 0.15) is 18.4 Å². The number of carbonyl (C=O) groups excluding carboxylic acids is 2. The molecule has 0 bridgehead atoms. The number of nitrogens with zero attached hydrogens (tertiary/aromatic N) is 6. The van der Waals surface area contributed by atoms with Crippen LogP contribution in [-0.4, -0.2) is 34.0 Å². The summed E-state index contributed by atoms with van der Waals surface area (Å²) in [5.74, 6) is -0.601. The zero-order valence-corrected chi connectivity index (χ0v) is 10.4. The molecule has 0 aromatic heterocycles. The molecular formula is C12H10N6O2. The van der Waals surface area contributed by atoms with Crippen LogP contribution in [-0.2, 0) is 9.59 Å². The van der Waals surface area contributed by atoms with E-state index in [0.29, 0.717) is 5.71 Å². The number of hydrazone groups is 2. The molecule has 0 aliphatic carbocycles. The quantitative estimate of drug-likeness (QED) is 0.770. The van der Waals surface area contributed by atoms with Crippen molar-refractivity contribution in [3.8, 4) is 0 Å². The third-order valence-electron chi connectivity index (χ3n) is 2.75. The van der Waals surface area contributed by atoms with Crippen molar-refractivity contribution in [2.45, 2.75) is 12.8 Å². The monoisotopic (exact) mass is 270 g/mol. The summed E-state index contributed by atoms with van der Waals surface area (Å²) in [5, 5.41) is 16.7. The molecule has 1 aromatic carbocycles. The second-order valence-corrected chi connectivity index (χ2v) is 4.14. The molecule has 1 aromatic rings. The minimum absolute atomic E-state index is 0.153. The van der Waals surface area contributed by atoms with Gasteiger partial charge in [-0.15, -0.1) is 5.10 Å². The maximum Gasteiger partial charge on any atom is 0.272 e. The van der Waals surface area contributed by atoms with E-state index in [2.05, 4.69) is 20.6 Å². The molecule has 3 rings (SSSR count). The van der Waals surface area contributed by atoms with Gasteiger partial charge in [-0.2, -0.15) is 5.10 Å². The number of hydrogen-bond donors (Lipinski definition) is 0. The van der Waals surface area contributed by atoms with Crippen molar-refractivity contribution in [3.63, 3.8) is 0 Å². The van der Waals surface area contributed by atoms with Gasteiger partial charge in [-0.05, 0) is 16.0 Å². The van der Waals surface area contributed by atoms with Gasteiger partial charge in [0.05, 0.1) is 18.6 Å². The van der Waals surface area contributed by atoms with Crippen molar-refractivity contribution >= 4 is 23.7 Å². The fourth-order valence-electron chi connectivity index (χ4n) is 1.77. The van der Waals surface area contributed by atoms with Gasteiger partial charge >= 0.3 is 0 Å². The Balaban J connectivity index is 1.76. The number of amides is 2. The van der Waals surface area contributed by atoms with Crippen LogP contribution in [0.3, 0.4) is 0 Å². The largest absolute Gasteiger partial charge is 0.272 e. The molecule has 0 N–H and O–H groups in total. The molecule has 2 aliphatic rings. The molecule has 0 fully saturated rings. The van der Waals surface area contributed by atoms with Crippen LogP contribution in [0.5, 0.6) is 0 Å². The highest BCUT2D eigenvalue weighted by Crippen LogP contribution is 2.16. The summed E-state index contributed by atoms with van der Waals surface area (Å²) in [4.78, 5) is 23.0. The third kappa shape index (κ3) is 2.30. The topological polar surface area (TPSA) is 90.1 Å². The summed E-state index contributed by atoms with van der Waals surface area (Å²) in [6.45, 7) is 0. The van der Waals surface area contributed by atoms with E-state index in [4.69, 9.17) is 0 Å². The minimum atomic E-state index is -0.303. The van der Waals surface area contributed by atoms with Crippen LogP contribution in [0.2, 0.25) is 0 Å². The standard InChI is InChI=1S/C12H10N6O2/c19-11-6-7-13-17(11)15-16-18-12(20)8-10(14-18)9-4-2-1-3-5-9/h1-5,7H,6,8H2. The SMILES string of the molecule is O=C1CC=NN1N=NN1N=C(c2ccccc2)CC1=O. The van der Waals surface area contributed by atoms with Gasteiger partial charge in [0.15, 0.2) is 0 Å². The van der Waals surface area contributed by atoms with E-state index in [1.54, 1.807) is 0 Å². The van der Waals surface area contributed by atoms with Crippen LogP contribution in [0, 0.1) is 0 Å². The Hall–Kier alpha value is -2.90. The highest BCUT2D eigenvalue weighted by Gasteiger charge is 2.25. The summed E-state index contributed by atoms with van der Waals surface area (Å²) in [6.07, 6.45) is 1.76. The second-order valence-electron chi connectivity index (χ2n) is 4.14. The van der Waals surface area contributed by atoms with Gasteiger partial charge in [-0.3, -0.25) is 9.59 Å². The van der Waals surface area contributed by atoms with E-state index >= 15 is 0 Å². The summed E-state index contributed by atoms with van der Waals surface area (Å²) in [7, 11) is 0. The smallest absolute Gasteiger partial charge is 0.270 e. The fourth-order valence-corrected chi connectivity index (χ4v) is 1.77. The first-order valence-corrected chi connectivity index (χ1v) is 5.97. The van der Waals surface area contributed by atoms with E-state index in [1.807, 2.05) is 30.3 Å². The zero-order valence-electron chi connectivity index (χ0n) is 10.4. The lowest BCUT2D eigenvalue weighted by molar-refractivity contribution is -0.132. The molecule has 0 spiro atoms. The molecular weight excluding hydrogens is 260 g/mol. The van der Waals surface area contributed by atoms with Gasteiger partial charge in [-0.1, -0.05) is 40.6 Å². The number of rotatable bonds is 3. The van der Waals surface area contributed by atoms with Gasteiger partial charge in [0, 0.05) is 6.21 Å². The summed E-state index contributed by atoms with van der Waals surface area (Å²) in [5.41, 5.74) is 1.47. The first kappa shape index (κ1) is 12.2. The van der Waals surface area contributed by atoms with Crippen molar-refractivity contribution in [3.05, 3.63) is 35.9 Å². The van der Waals surface area contributed by atoms with E-state index in [0.717, 1.165) is 15.8 Å². The van der Waals surface area contributed by atoms with Gasteiger partial charge in [-0.25, -0.2) is 0 Å². The van der Waals surface area contributed by atoms with E-state index in [-0.39, 0.29) is 24.7 Å². The molecule has 0 saturated heterocycles. The Kier molecular flexibility index (Phi) is 3.04. The Morgan fingerprint density at radius 1 is 1.00 bits per heavy atom. The molecule has 2 amide bonds. The van der Waals surface area contributed by atoms with E-state index in [1.165, 1.54) is 6.21 Å². The summed E-state index contributed by atoms with van der Waals surface area (Å²) >= 11 is 0. The fraction of sp³-hybridized carbons (Fsp3) is 0.167. The molecule has 2 heterocycles. The van der Waals surface area contributed by atoms with Gasteiger partial charge in [0.1, 0.15) is 0 Å². The lowest BCUT2D eigenvalue weighted by Gasteiger charge is -2.04. The van der Waals surface area contributed by atoms with Gasteiger partial charge in [0.25, 0.3) is 11.8 Å². The first-order chi connectivity index (χ1) is 9.74. The third-order valence-corrected chi connectivity index (χ3v) is 2.75. The van der Waals surface area contributed by atoms with Crippen LogP contribution >= 0.6 is 0 Å². The van der Waals surface area contributed by atoms with Crippen LogP contribution < -0.4 is 0 Å². The Labute approximate surface area is 114 Å². The average Bonchev–Trinajstić information content (AvgIpc) is 3.04. The van der Waals surface area contributed by atoms with Crippen LogP contribution in [0.4, 0.5) is 0 Å². The minimum Gasteiger partial charge on any atom is -0.270 e. The maximum atomic E-state index is 11.8. The predicted molar refractivity (Wildman–Crippen MR) is 69.3 cm³/mol. The van der Waals surface area contributed by atoms with Crippen molar-refractivity contribution in [1.29, 1.82) is 0 Å². The maximum absolute atomic E-state index is 11.8. The number of carbonyl (C=O) groups is 2. The Morgan fingerprint density at radius 2 is 1.75 bits per heavy atom. The molecule has 20 heavy (non-hydrogen) atoms. The zero-order chi connectivity index (χ0) is 13.9. The first-order valence-electron chi connectivity index (χ1n) is 5.97. The van der Waals surface area contributed by atoms with Crippen molar-refractivity contribution in [1.82, 2.24) is 10.2 Å². The number of hydrogen-bond acceptors (Lipinski definition) is 6. The molecule has 0 radical (unpaired) electrons. The highest BCUT2D eigenvalue weighted by atomic mass is 16.2. The average molecular weight is 270 g/mol. The summed E-state index contributed by atoms with van der Waals surface area (Å²) in [6, 6.07) is 9.34. The van der Waals surface area contributed by atoms with Crippen LogP contribution in [0.25, 0.3) is 0 Å². The van der Waals surface area contributed by atoms with Gasteiger partial charge < -0.3 is 0 Å². The van der Waals surface area contributed by atoms with Crippen molar-refractivity contribution < 1.29 is 9.59 Å². The lowest BCUT2D eigenvalue weighted by atomic mass is 10.1. The van der Waals surface area contributed by atoms with E-state index < -0.39 is 0 Å². The van der Waals surface area contributed by atoms with Crippen molar-refractivity contribution in [2.24, 2.45) is 20.6 Å². The summed E-state index contributed by atoms with van der Waals surface area (Å²) < 4.78 is 0. The molecule has 8 heteroatoms. The van der Waals surface area contributed by atoms with Crippen LogP contribution in [0.15, 0.2) is 51.0 Å². The molecule has 100 valence electrons. The van der Waals surface area contributed by atoms with Crippen molar-refractivity contribution in [2.75, 3.05) is 0 Å². The predicted octanol–water partition coefficient (Wildman–Crippen LogP) is 1.12. The molecule has 0 unspecified atom stereocenters. The molecule has 0 atom stereocenters. The molecule has 0 saturated carbocycles. The van der Waals surface area contributed by atoms with Gasteiger partial charge in [0.2, 0.25) is 0 Å². The highest BCUT2D eigenvalue weighted by molar-refractivity contribution is 6.13. The molecule has 8 nitrogen and oxygen atoms in total. The number of benzene rings is 1. The second kappa shape index (κ2) is 5.00.